The minimum absolute atomic E-state index is 0.244. The molecule has 1 N–H and O–H groups in total. The molecule has 0 fully saturated rings. The number of ether oxygens (including phenoxy) is 2. The smallest absolute Gasteiger partial charge is 0.251 e. The van der Waals surface area contributed by atoms with Gasteiger partial charge in [-0.3, -0.25) is 4.79 Å². The van der Waals surface area contributed by atoms with E-state index in [0.29, 0.717) is 34.5 Å². The topological polar surface area (TPSA) is 64.2 Å². The van der Waals surface area contributed by atoms with Crippen molar-refractivity contribution in [3.63, 3.8) is 0 Å². The summed E-state index contributed by atoms with van der Waals surface area (Å²) in [5.41, 5.74) is 0.929. The summed E-state index contributed by atoms with van der Waals surface area (Å²) >= 11 is 5.99. The Kier molecular flexibility index (Phi) is 4.76. The second kappa shape index (κ2) is 6.54. The Labute approximate surface area is 121 Å². The van der Waals surface area contributed by atoms with Gasteiger partial charge in [-0.15, -0.1) is 0 Å². The molecule has 0 amide bonds. The molecule has 0 aliphatic rings. The lowest BCUT2D eigenvalue weighted by Crippen LogP contribution is -2.12. The minimum atomic E-state index is -0.244. The van der Waals surface area contributed by atoms with Gasteiger partial charge in [0.15, 0.2) is 0 Å². The van der Waals surface area contributed by atoms with Gasteiger partial charge >= 0.3 is 0 Å². The van der Waals surface area contributed by atoms with E-state index in [-0.39, 0.29) is 12.2 Å². The highest BCUT2D eigenvalue weighted by Gasteiger charge is 2.10. The first-order chi connectivity index (χ1) is 9.63. The average molecular weight is 295 g/mol. The van der Waals surface area contributed by atoms with Crippen molar-refractivity contribution in [3.05, 3.63) is 45.5 Å². The Morgan fingerprint density at radius 1 is 1.35 bits per heavy atom. The molecule has 0 radical (unpaired) electrons. The Hall–Kier alpha value is -1.85. The summed E-state index contributed by atoms with van der Waals surface area (Å²) in [5, 5.41) is 0.550. The van der Waals surface area contributed by atoms with Gasteiger partial charge in [-0.05, 0) is 25.1 Å². The number of hydrogen-bond acceptors (Lipinski definition) is 4. The standard InChI is InChI=1S/C14H15ClN2O3/c1-3-20-8-13-16-11(7-14(18)17-13)10-6-9(15)4-5-12(10)19-2/h4-7H,3,8H2,1-2H3,(H,16,17,18). The van der Waals surface area contributed by atoms with Crippen molar-refractivity contribution in [1.82, 2.24) is 9.97 Å². The number of H-pyrrole nitrogens is 1. The third-order valence-electron chi connectivity index (χ3n) is 2.67. The minimum Gasteiger partial charge on any atom is -0.496 e. The molecule has 1 aromatic carbocycles. The van der Waals surface area contributed by atoms with Crippen molar-refractivity contribution in [2.75, 3.05) is 13.7 Å². The molecule has 1 heterocycles. The van der Waals surface area contributed by atoms with Crippen molar-refractivity contribution in [1.29, 1.82) is 0 Å². The van der Waals surface area contributed by atoms with E-state index in [2.05, 4.69) is 9.97 Å². The summed E-state index contributed by atoms with van der Waals surface area (Å²) in [6.45, 7) is 2.68. The van der Waals surface area contributed by atoms with Crippen LogP contribution in [0.3, 0.4) is 0 Å². The van der Waals surface area contributed by atoms with Gasteiger partial charge in [0.1, 0.15) is 18.2 Å². The van der Waals surface area contributed by atoms with Crippen molar-refractivity contribution in [3.8, 4) is 17.0 Å². The van der Waals surface area contributed by atoms with Crippen LogP contribution >= 0.6 is 11.6 Å². The van der Waals surface area contributed by atoms with Crippen LogP contribution in [-0.2, 0) is 11.3 Å². The molecule has 106 valence electrons. The molecule has 0 saturated heterocycles. The normalized spacial score (nSPS) is 10.6. The Bertz CT molecular complexity index is 655. The summed E-state index contributed by atoms with van der Waals surface area (Å²) in [6.07, 6.45) is 0. The van der Waals surface area contributed by atoms with E-state index in [1.54, 1.807) is 25.3 Å². The van der Waals surface area contributed by atoms with Gasteiger partial charge in [0.2, 0.25) is 0 Å². The molecule has 0 spiro atoms. The molecule has 2 rings (SSSR count). The van der Waals surface area contributed by atoms with Crippen LogP contribution in [0.1, 0.15) is 12.7 Å². The number of benzene rings is 1. The highest BCUT2D eigenvalue weighted by molar-refractivity contribution is 6.30. The Balaban J connectivity index is 2.49. The van der Waals surface area contributed by atoms with E-state index in [1.807, 2.05) is 6.92 Å². The fourth-order valence-corrected chi connectivity index (χ4v) is 1.97. The van der Waals surface area contributed by atoms with Crippen molar-refractivity contribution in [2.24, 2.45) is 0 Å². The SMILES string of the molecule is CCOCc1nc(-c2cc(Cl)ccc2OC)cc(=O)[nH]1. The number of rotatable bonds is 5. The molecule has 5 nitrogen and oxygen atoms in total. The predicted molar refractivity (Wildman–Crippen MR) is 77.2 cm³/mol. The van der Waals surface area contributed by atoms with Crippen LogP contribution in [0.25, 0.3) is 11.3 Å². The van der Waals surface area contributed by atoms with Gasteiger partial charge in [0.25, 0.3) is 5.56 Å². The van der Waals surface area contributed by atoms with Gasteiger partial charge in [0.05, 0.1) is 12.8 Å². The molecule has 0 unspecified atom stereocenters. The maximum absolute atomic E-state index is 11.7. The third-order valence-corrected chi connectivity index (χ3v) is 2.91. The van der Waals surface area contributed by atoms with Gasteiger partial charge < -0.3 is 14.5 Å². The fraction of sp³-hybridized carbons (Fsp3) is 0.286. The van der Waals surface area contributed by atoms with Crippen LogP contribution in [0, 0.1) is 0 Å². The predicted octanol–water partition coefficient (Wildman–Crippen LogP) is 2.64. The summed E-state index contributed by atoms with van der Waals surface area (Å²) < 4.78 is 10.5. The first kappa shape index (κ1) is 14.6. The molecular formula is C14H15ClN2O3. The second-order valence-electron chi connectivity index (χ2n) is 4.06. The molecule has 0 aliphatic carbocycles. The summed E-state index contributed by atoms with van der Waals surface area (Å²) in [4.78, 5) is 18.7. The van der Waals surface area contributed by atoms with Crippen LogP contribution in [-0.4, -0.2) is 23.7 Å². The van der Waals surface area contributed by atoms with Crippen LogP contribution in [0.2, 0.25) is 5.02 Å². The zero-order valence-corrected chi connectivity index (χ0v) is 12.0. The van der Waals surface area contributed by atoms with Crippen molar-refractivity contribution >= 4 is 11.6 Å². The van der Waals surface area contributed by atoms with Crippen LogP contribution < -0.4 is 10.3 Å². The Morgan fingerprint density at radius 2 is 2.15 bits per heavy atom. The highest BCUT2D eigenvalue weighted by atomic mass is 35.5. The zero-order chi connectivity index (χ0) is 14.5. The third kappa shape index (κ3) is 3.37. The summed E-state index contributed by atoms with van der Waals surface area (Å²) in [6, 6.07) is 6.58. The van der Waals surface area contributed by atoms with Crippen molar-refractivity contribution in [2.45, 2.75) is 13.5 Å². The quantitative estimate of drug-likeness (QED) is 0.921. The molecule has 6 heteroatoms. The summed E-state index contributed by atoms with van der Waals surface area (Å²) in [7, 11) is 1.56. The molecule has 0 saturated carbocycles. The van der Waals surface area contributed by atoms with Gasteiger partial charge in [-0.2, -0.15) is 0 Å². The number of aromatic amines is 1. The zero-order valence-electron chi connectivity index (χ0n) is 11.3. The van der Waals surface area contributed by atoms with Crippen molar-refractivity contribution < 1.29 is 9.47 Å². The van der Waals surface area contributed by atoms with E-state index in [1.165, 1.54) is 6.07 Å². The van der Waals surface area contributed by atoms with E-state index < -0.39 is 0 Å². The van der Waals surface area contributed by atoms with Gasteiger partial charge in [-0.1, -0.05) is 11.6 Å². The lowest BCUT2D eigenvalue weighted by Gasteiger charge is -2.09. The molecule has 0 atom stereocenters. The molecular weight excluding hydrogens is 280 g/mol. The largest absolute Gasteiger partial charge is 0.496 e. The number of aromatic nitrogens is 2. The summed E-state index contributed by atoms with van der Waals surface area (Å²) in [5.74, 6) is 1.08. The number of halogens is 1. The van der Waals surface area contributed by atoms with E-state index in [4.69, 9.17) is 21.1 Å². The Morgan fingerprint density at radius 3 is 2.85 bits per heavy atom. The lowest BCUT2D eigenvalue weighted by molar-refractivity contribution is 0.128. The average Bonchev–Trinajstić information content (AvgIpc) is 2.44. The van der Waals surface area contributed by atoms with Gasteiger partial charge in [-0.25, -0.2) is 4.98 Å². The monoisotopic (exact) mass is 294 g/mol. The van der Waals surface area contributed by atoms with E-state index in [0.717, 1.165) is 0 Å². The van der Waals surface area contributed by atoms with E-state index in [9.17, 15) is 4.79 Å². The number of nitrogens with one attached hydrogen (secondary N) is 1. The molecule has 0 aliphatic heterocycles. The molecule has 20 heavy (non-hydrogen) atoms. The lowest BCUT2D eigenvalue weighted by atomic mass is 10.1. The van der Waals surface area contributed by atoms with Crippen LogP contribution in [0.15, 0.2) is 29.1 Å². The van der Waals surface area contributed by atoms with E-state index >= 15 is 0 Å². The van der Waals surface area contributed by atoms with Crippen LogP contribution in [0.4, 0.5) is 0 Å². The van der Waals surface area contributed by atoms with Gasteiger partial charge in [0, 0.05) is 23.3 Å². The van der Waals surface area contributed by atoms with Crippen LogP contribution in [0.5, 0.6) is 5.75 Å². The molecule has 1 aromatic heterocycles. The number of hydrogen-bond donors (Lipinski definition) is 1. The highest BCUT2D eigenvalue weighted by Crippen LogP contribution is 2.30. The number of methoxy groups -OCH3 is 1. The first-order valence-corrected chi connectivity index (χ1v) is 6.53. The maximum Gasteiger partial charge on any atom is 0.251 e. The molecule has 2 aromatic rings. The number of nitrogens with zero attached hydrogens (tertiary/aromatic N) is 1. The second-order valence-corrected chi connectivity index (χ2v) is 4.50. The first-order valence-electron chi connectivity index (χ1n) is 6.16. The fourth-order valence-electron chi connectivity index (χ4n) is 1.79. The molecule has 0 bridgehead atoms. The maximum atomic E-state index is 11.7.